The van der Waals surface area contributed by atoms with E-state index in [4.69, 9.17) is 24.9 Å². The Morgan fingerprint density at radius 1 is 1.07 bits per heavy atom. The molecule has 41 heavy (non-hydrogen) atoms. The number of nitrogens with zero attached hydrogens (tertiary/aromatic N) is 3. The number of nitrogens with two attached hydrogens (primary N) is 1. The number of pyridine rings is 1. The number of esters is 1. The normalized spacial score (nSPS) is 14.8. The molecule has 1 aliphatic rings. The number of nitriles is 2. The monoisotopic (exact) mass is 566 g/mol. The van der Waals surface area contributed by atoms with Crippen LogP contribution in [0.15, 0.2) is 88.5 Å². The van der Waals surface area contributed by atoms with Gasteiger partial charge in [-0.1, -0.05) is 49.9 Å². The van der Waals surface area contributed by atoms with Gasteiger partial charge in [0, 0.05) is 5.56 Å². The van der Waals surface area contributed by atoms with Gasteiger partial charge in [-0.05, 0) is 60.4 Å². The molecule has 9 heteroatoms. The zero-order valence-corrected chi connectivity index (χ0v) is 24.1. The molecule has 0 spiro atoms. The van der Waals surface area contributed by atoms with Gasteiger partial charge in [0.15, 0.2) is 0 Å². The predicted octanol–water partition coefficient (Wildman–Crippen LogP) is 6.17. The summed E-state index contributed by atoms with van der Waals surface area (Å²) in [4.78, 5) is 18.1. The molecule has 1 unspecified atom stereocenters. The second-order valence-corrected chi connectivity index (χ2v) is 10.4. The fraction of sp³-hybridized carbons (Fsp3) is 0.250. The van der Waals surface area contributed by atoms with Gasteiger partial charge in [-0.15, -0.1) is 0 Å². The van der Waals surface area contributed by atoms with Crippen LogP contribution in [0.4, 0.5) is 0 Å². The summed E-state index contributed by atoms with van der Waals surface area (Å²) >= 11 is 1.24. The molecule has 1 aliphatic heterocycles. The molecule has 208 valence electrons. The van der Waals surface area contributed by atoms with E-state index in [0.29, 0.717) is 22.2 Å². The first-order chi connectivity index (χ1) is 19.8. The number of rotatable bonds is 9. The molecule has 0 fully saturated rings. The Kier molecular flexibility index (Phi) is 9.34. The number of carbonyl (C=O) groups excluding carboxylic acids is 1. The lowest BCUT2D eigenvalue weighted by Crippen LogP contribution is -2.27. The Balaban J connectivity index is 1.75. The molecule has 0 saturated carbocycles. The van der Waals surface area contributed by atoms with Crippen molar-refractivity contribution in [3.63, 3.8) is 0 Å². The molecule has 0 bridgehead atoms. The largest absolute Gasteiger partial charge is 0.497 e. The Morgan fingerprint density at radius 2 is 1.78 bits per heavy atom. The topological polar surface area (TPSA) is 131 Å². The zero-order valence-electron chi connectivity index (χ0n) is 23.3. The van der Waals surface area contributed by atoms with Crippen molar-refractivity contribution in [1.82, 2.24) is 4.98 Å². The molecule has 1 aromatic heterocycles. The number of allylic oxidation sites excluding steroid dienone is 1. The first kappa shape index (κ1) is 29.3. The minimum Gasteiger partial charge on any atom is -0.497 e. The van der Waals surface area contributed by atoms with Gasteiger partial charge in [0.25, 0.3) is 0 Å². The van der Waals surface area contributed by atoms with Gasteiger partial charge >= 0.3 is 5.97 Å². The van der Waals surface area contributed by atoms with E-state index in [-0.39, 0.29) is 35.1 Å². The molecule has 2 N–H and O–H groups in total. The van der Waals surface area contributed by atoms with E-state index in [0.717, 1.165) is 22.4 Å². The lowest BCUT2D eigenvalue weighted by Gasteiger charge is -2.28. The van der Waals surface area contributed by atoms with Crippen LogP contribution in [0.5, 0.6) is 5.75 Å². The Morgan fingerprint density at radius 3 is 2.37 bits per heavy atom. The summed E-state index contributed by atoms with van der Waals surface area (Å²) in [5.74, 6) is -0.0154. The van der Waals surface area contributed by atoms with Gasteiger partial charge < -0.3 is 19.9 Å². The minimum absolute atomic E-state index is 0.0745. The van der Waals surface area contributed by atoms with Gasteiger partial charge in [-0.25, -0.2) is 9.78 Å². The number of methoxy groups -OCH3 is 1. The second kappa shape index (κ2) is 13.1. The molecule has 2 aromatic carbocycles. The van der Waals surface area contributed by atoms with E-state index < -0.39 is 11.9 Å². The van der Waals surface area contributed by atoms with E-state index in [1.165, 1.54) is 11.8 Å². The maximum absolute atomic E-state index is 13.3. The summed E-state index contributed by atoms with van der Waals surface area (Å²) in [5, 5.41) is 20.2. The van der Waals surface area contributed by atoms with Crippen LogP contribution in [0, 0.1) is 22.7 Å². The van der Waals surface area contributed by atoms with E-state index in [1.54, 1.807) is 26.2 Å². The number of aromatic nitrogens is 1. The second-order valence-electron chi connectivity index (χ2n) is 9.48. The fourth-order valence-electron chi connectivity index (χ4n) is 4.46. The summed E-state index contributed by atoms with van der Waals surface area (Å²) < 4.78 is 16.5. The molecule has 0 amide bonds. The standard InChI is InChI=1S/C32H30N4O4S/c1-5-39-32(37)29-27(40-30(35)25(17-34)28(29)22-8-6-20(7-9-22)19(2)3)18-41-31-23(16-33)12-15-26(36-31)21-10-13-24(38-4)14-11-21/h6-15,19,28H,5,18,35H2,1-4H3. The van der Waals surface area contributed by atoms with Crippen molar-refractivity contribution in [3.8, 4) is 29.1 Å². The van der Waals surface area contributed by atoms with Crippen molar-refractivity contribution in [3.05, 3.63) is 100 Å². The van der Waals surface area contributed by atoms with Crippen LogP contribution in [0.25, 0.3) is 11.3 Å². The molecular formula is C32H30N4O4S. The van der Waals surface area contributed by atoms with Crippen molar-refractivity contribution >= 4 is 17.7 Å². The lowest BCUT2D eigenvalue weighted by atomic mass is 9.82. The average molecular weight is 567 g/mol. The van der Waals surface area contributed by atoms with Gasteiger partial charge in [-0.2, -0.15) is 10.5 Å². The van der Waals surface area contributed by atoms with E-state index >= 15 is 0 Å². The number of ether oxygens (including phenoxy) is 3. The number of hydrogen-bond donors (Lipinski definition) is 1. The van der Waals surface area contributed by atoms with Gasteiger partial charge in [-0.3, -0.25) is 0 Å². The van der Waals surface area contributed by atoms with Gasteiger partial charge in [0.2, 0.25) is 5.88 Å². The van der Waals surface area contributed by atoms with Crippen LogP contribution in [0.2, 0.25) is 0 Å². The summed E-state index contributed by atoms with van der Waals surface area (Å²) in [6.07, 6.45) is 0. The Bertz CT molecular complexity index is 1580. The molecule has 3 aromatic rings. The SMILES string of the molecule is CCOC(=O)C1=C(CSc2nc(-c3ccc(OC)cc3)ccc2C#N)OC(N)=C(C#N)C1c1ccc(C(C)C)cc1. The predicted molar refractivity (Wildman–Crippen MR) is 157 cm³/mol. The maximum Gasteiger partial charge on any atom is 0.338 e. The number of carbonyl (C=O) groups is 1. The minimum atomic E-state index is -0.765. The quantitative estimate of drug-likeness (QED) is 0.239. The van der Waals surface area contributed by atoms with E-state index in [2.05, 4.69) is 26.0 Å². The molecule has 8 nitrogen and oxygen atoms in total. The number of benzene rings is 2. The van der Waals surface area contributed by atoms with Crippen LogP contribution in [-0.4, -0.2) is 30.4 Å². The Hall–Kier alpha value is -4.73. The first-order valence-electron chi connectivity index (χ1n) is 13.1. The molecular weight excluding hydrogens is 536 g/mol. The molecule has 1 atom stereocenters. The third-order valence-corrected chi connectivity index (χ3v) is 7.63. The van der Waals surface area contributed by atoms with Gasteiger partial charge in [0.1, 0.15) is 34.2 Å². The fourth-order valence-corrected chi connectivity index (χ4v) is 5.37. The van der Waals surface area contributed by atoms with E-state index in [1.807, 2.05) is 48.5 Å². The molecule has 0 aliphatic carbocycles. The van der Waals surface area contributed by atoms with Crippen LogP contribution in [-0.2, 0) is 14.3 Å². The maximum atomic E-state index is 13.3. The highest BCUT2D eigenvalue weighted by atomic mass is 32.2. The highest BCUT2D eigenvalue weighted by Crippen LogP contribution is 2.41. The van der Waals surface area contributed by atoms with Crippen LogP contribution >= 0.6 is 11.8 Å². The zero-order chi connectivity index (χ0) is 29.5. The van der Waals surface area contributed by atoms with Gasteiger partial charge in [0.05, 0.1) is 42.2 Å². The summed E-state index contributed by atoms with van der Waals surface area (Å²) in [6.45, 7) is 6.04. The summed E-state index contributed by atoms with van der Waals surface area (Å²) in [6, 6.07) is 23.0. The van der Waals surface area contributed by atoms with Crippen molar-refractivity contribution in [2.75, 3.05) is 19.5 Å². The Labute approximate surface area is 244 Å². The first-order valence-corrected chi connectivity index (χ1v) is 14.1. The number of hydrogen-bond acceptors (Lipinski definition) is 9. The van der Waals surface area contributed by atoms with E-state index in [9.17, 15) is 15.3 Å². The highest BCUT2D eigenvalue weighted by molar-refractivity contribution is 7.99. The average Bonchev–Trinajstić information content (AvgIpc) is 2.99. The lowest BCUT2D eigenvalue weighted by molar-refractivity contribution is -0.139. The summed E-state index contributed by atoms with van der Waals surface area (Å²) in [5.41, 5.74) is 10.3. The van der Waals surface area contributed by atoms with Crippen LogP contribution in [0.1, 0.15) is 49.3 Å². The van der Waals surface area contributed by atoms with Crippen LogP contribution < -0.4 is 10.5 Å². The molecule has 0 saturated heterocycles. The van der Waals surface area contributed by atoms with Crippen LogP contribution in [0.3, 0.4) is 0 Å². The van der Waals surface area contributed by atoms with Crippen molar-refractivity contribution in [2.45, 2.75) is 37.6 Å². The third-order valence-electron chi connectivity index (χ3n) is 6.64. The van der Waals surface area contributed by atoms with Crippen molar-refractivity contribution in [1.29, 1.82) is 10.5 Å². The molecule has 4 rings (SSSR count). The van der Waals surface area contributed by atoms with Crippen molar-refractivity contribution in [2.24, 2.45) is 5.73 Å². The third kappa shape index (κ3) is 6.37. The molecule has 2 heterocycles. The number of thioether (sulfide) groups is 1. The summed E-state index contributed by atoms with van der Waals surface area (Å²) in [7, 11) is 1.60. The smallest absolute Gasteiger partial charge is 0.338 e. The molecule has 0 radical (unpaired) electrons. The van der Waals surface area contributed by atoms with Crippen molar-refractivity contribution < 1.29 is 19.0 Å². The highest BCUT2D eigenvalue weighted by Gasteiger charge is 2.37.